The molecule has 0 radical (unpaired) electrons. The van der Waals surface area contributed by atoms with Gasteiger partial charge in [-0.05, 0) is 12.5 Å². The number of carbonyl (C=O) groups excluding carboxylic acids is 2. The van der Waals surface area contributed by atoms with Gasteiger partial charge in [-0.2, -0.15) is 0 Å². The Kier molecular flexibility index (Phi) is 6.24. The van der Waals surface area contributed by atoms with E-state index in [0.29, 0.717) is 5.75 Å². The number of hydrogen-bond acceptors (Lipinski definition) is 3. The molecule has 3 rings (SSSR count). The molecule has 2 heterocycles. The van der Waals surface area contributed by atoms with Crippen molar-refractivity contribution in [3.05, 3.63) is 35.4 Å². The minimum Gasteiger partial charge on any atom is -0.331 e. The monoisotopic (exact) mass is 376 g/mol. The van der Waals surface area contributed by atoms with Gasteiger partial charge in [0.2, 0.25) is 11.8 Å². The second-order valence-corrected chi connectivity index (χ2v) is 8.71. The van der Waals surface area contributed by atoms with Crippen LogP contribution < -0.4 is 4.90 Å². The quantitative estimate of drug-likeness (QED) is 0.832. The van der Waals surface area contributed by atoms with Crippen molar-refractivity contribution in [1.82, 2.24) is 9.80 Å². The molecule has 2 aliphatic rings. The summed E-state index contributed by atoms with van der Waals surface area (Å²) in [7, 11) is 0. The number of quaternary nitrogens is 1. The maximum atomic E-state index is 12.4. The smallest absolute Gasteiger partial charge is 0.234 e. The van der Waals surface area contributed by atoms with Crippen LogP contribution in [0, 0.1) is 12.8 Å². The van der Waals surface area contributed by atoms with Gasteiger partial charge in [-0.3, -0.25) is 9.59 Å². The summed E-state index contributed by atoms with van der Waals surface area (Å²) >= 11 is 1.73. The lowest BCUT2D eigenvalue weighted by molar-refractivity contribution is -0.903. The fraction of sp³-hybridized carbons (Fsp3) is 0.600. The lowest BCUT2D eigenvalue weighted by Crippen LogP contribution is -3.15. The Morgan fingerprint density at radius 3 is 2.69 bits per heavy atom. The molecule has 1 N–H and O–H groups in total. The van der Waals surface area contributed by atoms with E-state index in [1.165, 1.54) is 16.0 Å². The van der Waals surface area contributed by atoms with Gasteiger partial charge in [0, 0.05) is 5.92 Å². The highest BCUT2D eigenvalue weighted by atomic mass is 32.2. The zero-order valence-electron chi connectivity index (χ0n) is 16.0. The molecule has 1 aromatic rings. The van der Waals surface area contributed by atoms with Gasteiger partial charge < -0.3 is 14.7 Å². The maximum absolute atomic E-state index is 12.4. The zero-order chi connectivity index (χ0) is 18.7. The van der Waals surface area contributed by atoms with Gasteiger partial charge >= 0.3 is 0 Å². The van der Waals surface area contributed by atoms with E-state index in [2.05, 4.69) is 31.2 Å². The Labute approximate surface area is 160 Å². The van der Waals surface area contributed by atoms with Crippen molar-refractivity contribution in [2.45, 2.75) is 26.1 Å². The van der Waals surface area contributed by atoms with Crippen LogP contribution in [0.5, 0.6) is 0 Å². The molecule has 0 aliphatic carbocycles. The van der Waals surface area contributed by atoms with Crippen LogP contribution in [0.1, 0.15) is 30.3 Å². The van der Waals surface area contributed by atoms with E-state index in [0.717, 1.165) is 39.3 Å². The number of carbonyl (C=O) groups is 2. The average Bonchev–Trinajstić information content (AvgIpc) is 3.00. The lowest BCUT2D eigenvalue weighted by atomic mass is 10.1. The van der Waals surface area contributed by atoms with E-state index >= 15 is 0 Å². The molecule has 0 saturated carbocycles. The number of piperazine rings is 1. The molecule has 2 aliphatic heterocycles. The van der Waals surface area contributed by atoms with Crippen molar-refractivity contribution < 1.29 is 14.5 Å². The van der Waals surface area contributed by atoms with Crippen molar-refractivity contribution >= 4 is 23.6 Å². The van der Waals surface area contributed by atoms with Gasteiger partial charge in [0.05, 0.1) is 45.0 Å². The van der Waals surface area contributed by atoms with Gasteiger partial charge in [0.15, 0.2) is 0 Å². The first-order chi connectivity index (χ1) is 12.5. The highest BCUT2D eigenvalue weighted by Gasteiger charge is 2.34. The van der Waals surface area contributed by atoms with E-state index in [4.69, 9.17) is 0 Å². The molecule has 0 aromatic heterocycles. The van der Waals surface area contributed by atoms with Crippen LogP contribution in [0.25, 0.3) is 0 Å². The van der Waals surface area contributed by atoms with Gasteiger partial charge in [-0.25, -0.2) is 0 Å². The SMILES string of the molecule is Cc1cccc([C@H]2SCC(=O)N2CC[NH+]2CCN(C(=O)C(C)C)CC2)c1. The number of thioether (sulfide) groups is 1. The minimum atomic E-state index is 0.0749. The van der Waals surface area contributed by atoms with E-state index < -0.39 is 0 Å². The minimum absolute atomic E-state index is 0.0749. The van der Waals surface area contributed by atoms with E-state index in [1.807, 2.05) is 23.6 Å². The van der Waals surface area contributed by atoms with Crippen LogP contribution in [0.4, 0.5) is 0 Å². The summed E-state index contributed by atoms with van der Waals surface area (Å²) in [5, 5.41) is 0.144. The van der Waals surface area contributed by atoms with Crippen LogP contribution in [0.2, 0.25) is 0 Å². The first-order valence-electron chi connectivity index (χ1n) is 9.55. The molecule has 5 nitrogen and oxygen atoms in total. The van der Waals surface area contributed by atoms with Gasteiger partial charge in [0.1, 0.15) is 5.37 Å². The molecule has 0 bridgehead atoms. The van der Waals surface area contributed by atoms with Crippen LogP contribution >= 0.6 is 11.8 Å². The number of benzene rings is 1. The number of rotatable bonds is 5. The number of nitrogens with zero attached hydrogens (tertiary/aromatic N) is 2. The normalized spacial score (nSPS) is 21.7. The molecule has 6 heteroatoms. The van der Waals surface area contributed by atoms with Gasteiger partial charge in [0.25, 0.3) is 0 Å². The number of aryl methyl sites for hydroxylation is 1. The average molecular weight is 377 g/mol. The molecule has 26 heavy (non-hydrogen) atoms. The third-order valence-corrected chi connectivity index (χ3v) is 6.53. The van der Waals surface area contributed by atoms with Gasteiger partial charge in [-0.15, -0.1) is 11.8 Å². The Morgan fingerprint density at radius 1 is 1.31 bits per heavy atom. The van der Waals surface area contributed by atoms with Gasteiger partial charge in [-0.1, -0.05) is 43.7 Å². The maximum Gasteiger partial charge on any atom is 0.234 e. The largest absolute Gasteiger partial charge is 0.331 e. The lowest BCUT2D eigenvalue weighted by Gasteiger charge is -2.34. The molecule has 0 spiro atoms. The molecule has 2 amide bonds. The zero-order valence-corrected chi connectivity index (χ0v) is 16.8. The molecular formula is C20H30N3O2S+. The molecule has 2 fully saturated rings. The topological polar surface area (TPSA) is 45.1 Å². The highest BCUT2D eigenvalue weighted by molar-refractivity contribution is 8.00. The summed E-state index contributed by atoms with van der Waals surface area (Å²) in [5.74, 6) is 1.15. The number of nitrogens with one attached hydrogen (secondary N) is 1. The van der Waals surface area contributed by atoms with Crippen molar-refractivity contribution in [2.24, 2.45) is 5.92 Å². The van der Waals surface area contributed by atoms with E-state index in [-0.39, 0.29) is 23.1 Å². The Balaban J connectivity index is 1.54. The van der Waals surface area contributed by atoms with Crippen molar-refractivity contribution in [1.29, 1.82) is 0 Å². The molecule has 1 atom stereocenters. The van der Waals surface area contributed by atoms with Crippen LogP contribution in [0.15, 0.2) is 24.3 Å². The highest BCUT2D eigenvalue weighted by Crippen LogP contribution is 2.38. The van der Waals surface area contributed by atoms with Crippen LogP contribution in [-0.4, -0.2) is 66.6 Å². The fourth-order valence-corrected chi connectivity index (χ4v) is 4.94. The predicted molar refractivity (Wildman–Crippen MR) is 105 cm³/mol. The summed E-state index contributed by atoms with van der Waals surface area (Å²) in [6.45, 7) is 11.4. The number of amides is 2. The Bertz CT molecular complexity index is 656. The molecular weight excluding hydrogens is 346 g/mol. The third-order valence-electron chi connectivity index (χ3n) is 5.28. The summed E-state index contributed by atoms with van der Waals surface area (Å²) in [6, 6.07) is 8.48. The first-order valence-corrected chi connectivity index (χ1v) is 10.6. The van der Waals surface area contributed by atoms with E-state index in [9.17, 15) is 9.59 Å². The summed E-state index contributed by atoms with van der Waals surface area (Å²) in [6.07, 6.45) is 0. The summed E-state index contributed by atoms with van der Waals surface area (Å²) in [4.78, 5) is 30.0. The Hall–Kier alpha value is -1.53. The van der Waals surface area contributed by atoms with E-state index in [1.54, 1.807) is 11.8 Å². The first kappa shape index (κ1) is 19.2. The second kappa shape index (κ2) is 8.44. The van der Waals surface area contributed by atoms with Crippen molar-refractivity contribution in [2.75, 3.05) is 45.0 Å². The number of hydrogen-bond donors (Lipinski definition) is 1. The molecule has 2 saturated heterocycles. The fourth-order valence-electron chi connectivity index (χ4n) is 3.73. The van der Waals surface area contributed by atoms with Crippen LogP contribution in [-0.2, 0) is 9.59 Å². The van der Waals surface area contributed by atoms with Crippen molar-refractivity contribution in [3.63, 3.8) is 0 Å². The summed E-state index contributed by atoms with van der Waals surface area (Å²) < 4.78 is 0. The van der Waals surface area contributed by atoms with Crippen LogP contribution in [0.3, 0.4) is 0 Å². The molecule has 142 valence electrons. The molecule has 0 unspecified atom stereocenters. The second-order valence-electron chi connectivity index (χ2n) is 7.64. The predicted octanol–water partition coefficient (Wildman–Crippen LogP) is 0.952. The standard InChI is InChI=1S/C20H29N3O2S/c1-15(2)19(25)22-10-7-21(8-11-22)9-12-23-18(24)14-26-20(23)17-6-4-5-16(3)13-17/h4-6,13,15,20H,7-12,14H2,1-3H3/p+1/t20-/m1/s1. The third kappa shape index (κ3) is 4.41. The Morgan fingerprint density at radius 2 is 2.04 bits per heavy atom. The summed E-state index contributed by atoms with van der Waals surface area (Å²) in [5.41, 5.74) is 2.46. The van der Waals surface area contributed by atoms with Crippen molar-refractivity contribution in [3.8, 4) is 0 Å². The molecule has 1 aromatic carbocycles.